The molecule has 0 heterocycles. The van der Waals surface area contributed by atoms with E-state index in [1.54, 1.807) is 0 Å². The second-order valence-electron chi connectivity index (χ2n) is 22.7. The summed E-state index contributed by atoms with van der Waals surface area (Å²) in [7, 11) is 0. The molecule has 15 aromatic carbocycles. The zero-order valence-electron chi connectivity index (χ0n) is 45.1. The molecule has 0 fully saturated rings. The summed E-state index contributed by atoms with van der Waals surface area (Å²) >= 11 is 0. The van der Waals surface area contributed by atoms with Crippen molar-refractivity contribution in [2.75, 3.05) is 0 Å². The molecule has 0 saturated heterocycles. The van der Waals surface area contributed by atoms with Crippen molar-refractivity contribution in [3.63, 3.8) is 0 Å². The first kappa shape index (κ1) is 45.2. The molecule has 0 amide bonds. The maximum absolute atomic E-state index is 2.49. The van der Waals surface area contributed by atoms with E-state index in [9.17, 15) is 0 Å². The van der Waals surface area contributed by atoms with Gasteiger partial charge in [-0.05, 0) is 212 Å². The first-order valence-electron chi connectivity index (χ1n) is 28.2. The van der Waals surface area contributed by atoms with Crippen molar-refractivity contribution in [3.8, 4) is 66.8 Å². The molecule has 0 radical (unpaired) electrons. The smallest absolute Gasteiger partial charge is 0.000718 e. The van der Waals surface area contributed by atoms with Gasteiger partial charge in [0.2, 0.25) is 0 Å². The normalized spacial score (nSPS) is 12.2. The zero-order valence-corrected chi connectivity index (χ0v) is 45.1. The molecule has 0 N–H and O–H groups in total. The van der Waals surface area contributed by atoms with E-state index in [0.717, 1.165) is 0 Å². The fourth-order valence-electron chi connectivity index (χ4n) is 14.9. The molecular formula is C80H52. The van der Waals surface area contributed by atoms with Gasteiger partial charge in [-0.2, -0.15) is 0 Å². The van der Waals surface area contributed by atoms with Crippen LogP contribution in [0.15, 0.2) is 243 Å². The minimum absolute atomic E-state index is 1.22. The van der Waals surface area contributed by atoms with Crippen LogP contribution in [0, 0.1) is 69.4 Å². The Kier molecular flexibility index (Phi) is 9.49. The highest BCUT2D eigenvalue weighted by atomic mass is 14.3. The summed E-state index contributed by atoms with van der Waals surface area (Å²) in [5.41, 5.74) is 20.3. The summed E-state index contributed by atoms with van der Waals surface area (Å²) < 4.78 is 0. The predicted molar refractivity (Wildman–Crippen MR) is 338 cm³/mol. The molecule has 0 saturated carbocycles. The molecule has 0 atom stereocenters. The third-order valence-electron chi connectivity index (χ3n) is 18.3. The summed E-state index contributed by atoms with van der Waals surface area (Å²) in [6.07, 6.45) is 0. The molecule has 0 aromatic heterocycles. The molecule has 0 heteroatoms. The largest absolute Gasteiger partial charge is 0.0622 e. The van der Waals surface area contributed by atoms with Crippen LogP contribution in [0.4, 0.5) is 0 Å². The van der Waals surface area contributed by atoms with Crippen molar-refractivity contribution < 1.29 is 0 Å². The van der Waals surface area contributed by atoms with Gasteiger partial charge in [0, 0.05) is 0 Å². The van der Waals surface area contributed by atoms with E-state index < -0.39 is 0 Å². The second-order valence-corrected chi connectivity index (χ2v) is 22.7. The Balaban J connectivity index is 1.08. The number of fused-ring (bicyclic) bond motifs is 6. The van der Waals surface area contributed by atoms with Crippen molar-refractivity contribution in [2.24, 2.45) is 0 Å². The van der Waals surface area contributed by atoms with Crippen LogP contribution in [-0.2, 0) is 0 Å². The van der Waals surface area contributed by atoms with Crippen molar-refractivity contribution in [2.45, 2.75) is 27.7 Å². The van der Waals surface area contributed by atoms with Gasteiger partial charge in [0.25, 0.3) is 0 Å². The van der Waals surface area contributed by atoms with E-state index in [-0.39, 0.29) is 0 Å². The molecule has 0 unspecified atom stereocenters. The van der Waals surface area contributed by atoms with E-state index in [1.165, 1.54) is 195 Å². The highest BCUT2D eigenvalue weighted by Gasteiger charge is 2.27. The van der Waals surface area contributed by atoms with E-state index in [1.807, 2.05) is 0 Å². The molecule has 17 rings (SSSR count). The fourth-order valence-corrected chi connectivity index (χ4v) is 14.9. The number of rotatable bonds is 6. The van der Waals surface area contributed by atoms with Gasteiger partial charge in [0.15, 0.2) is 0 Å². The van der Waals surface area contributed by atoms with Crippen molar-refractivity contribution in [1.29, 1.82) is 0 Å². The standard InChI is InChI=1S/C80H52/c1-45-31-33-47(3)67(43-45)73-57-29-17-15-27-55(57)71(53-25-13-11-23-51(53)49-19-7-5-8-20-49)77-63-39-35-59-60-36-40-64-76-66(42-38-62(70(60)76)61-37-41-65(79(73)77)75(63)69(59)61)80-74(68-44-46(2)32-34-48(68)4)58-30-18-16-28-56(58)72(78(64)80)54-26-14-12-24-52(54)50-21-9-6-10-22-50/h5-44H,1-4H3. The highest BCUT2D eigenvalue weighted by Crippen LogP contribution is 2.51. The van der Waals surface area contributed by atoms with Gasteiger partial charge < -0.3 is 0 Å². The van der Waals surface area contributed by atoms with Crippen LogP contribution in [0.25, 0.3) is 131 Å². The Morgan fingerprint density at radius 3 is 0.825 bits per heavy atom. The van der Waals surface area contributed by atoms with E-state index >= 15 is 0 Å². The van der Waals surface area contributed by atoms with Gasteiger partial charge in [-0.3, -0.25) is 0 Å². The molecule has 0 bridgehead atoms. The summed E-state index contributed by atoms with van der Waals surface area (Å²) in [6.45, 7) is 9.04. The van der Waals surface area contributed by atoms with Crippen molar-refractivity contribution in [3.05, 3.63) is 307 Å². The molecule has 0 aliphatic heterocycles. The van der Waals surface area contributed by atoms with Gasteiger partial charge >= 0.3 is 0 Å². The fraction of sp³-hybridized carbons (Fsp3) is 0.0500. The molecule has 0 spiro atoms. The van der Waals surface area contributed by atoms with Crippen LogP contribution in [-0.4, -0.2) is 0 Å². The molecule has 0 nitrogen and oxygen atoms in total. The average Bonchev–Trinajstić information content (AvgIpc) is 4.15. The van der Waals surface area contributed by atoms with Crippen LogP contribution in [0.1, 0.15) is 22.3 Å². The van der Waals surface area contributed by atoms with Crippen molar-refractivity contribution >= 4 is 64.6 Å². The van der Waals surface area contributed by atoms with Gasteiger partial charge in [-0.25, -0.2) is 0 Å². The predicted octanol–water partition coefficient (Wildman–Crippen LogP) is 21.1. The van der Waals surface area contributed by atoms with E-state index in [2.05, 4.69) is 270 Å². The lowest BCUT2D eigenvalue weighted by atomic mass is 9.84. The van der Waals surface area contributed by atoms with Gasteiger partial charge in [-0.1, -0.05) is 254 Å². The van der Waals surface area contributed by atoms with Crippen LogP contribution < -0.4 is 0 Å². The van der Waals surface area contributed by atoms with Crippen LogP contribution in [0.2, 0.25) is 0 Å². The molecule has 2 aliphatic rings. The molecule has 80 heavy (non-hydrogen) atoms. The summed E-state index contributed by atoms with van der Waals surface area (Å²) in [6, 6.07) is 92.3. The molecular weight excluding hydrogens is 961 g/mol. The lowest BCUT2D eigenvalue weighted by Gasteiger charge is -2.18. The minimum Gasteiger partial charge on any atom is -0.0622 e. The Morgan fingerprint density at radius 2 is 0.487 bits per heavy atom. The lowest BCUT2D eigenvalue weighted by Crippen LogP contribution is -1.95. The quantitative estimate of drug-likeness (QED) is 0.115. The van der Waals surface area contributed by atoms with Gasteiger partial charge in [0.05, 0.1) is 0 Å². The van der Waals surface area contributed by atoms with E-state index in [0.29, 0.717) is 0 Å². The molecule has 372 valence electrons. The van der Waals surface area contributed by atoms with Gasteiger partial charge in [-0.15, -0.1) is 0 Å². The average molecular weight is 1010 g/mol. The number of hydrogen-bond donors (Lipinski definition) is 0. The Hall–Kier alpha value is -9.88. The van der Waals surface area contributed by atoms with Gasteiger partial charge in [0.1, 0.15) is 0 Å². The third-order valence-corrected chi connectivity index (χ3v) is 18.3. The van der Waals surface area contributed by atoms with Crippen molar-refractivity contribution in [1.82, 2.24) is 0 Å². The van der Waals surface area contributed by atoms with E-state index in [4.69, 9.17) is 0 Å². The number of benzene rings is 15. The lowest BCUT2D eigenvalue weighted by molar-refractivity contribution is 1.38. The maximum Gasteiger partial charge on any atom is -0.000718 e. The Bertz CT molecular complexity index is 5300. The first-order valence-corrected chi connectivity index (χ1v) is 28.2. The minimum atomic E-state index is 1.22. The SMILES string of the molecule is Cc1ccc(C)c(-c2c3c(c(-c4ccccc4-c4ccccc4)c4ccccc24)=c2ccc4c5ccc6c7c(ccc(c8ccc=3c2c84)c75)=c2c(-c3cc(C)ccc3C)c3ccccc3c(-c3ccccc3-c3ccccc3)c2=6)c1. The first-order chi connectivity index (χ1) is 39.4. The molecule has 2 aliphatic carbocycles. The second kappa shape index (κ2) is 16.8. The Morgan fingerprint density at radius 1 is 0.200 bits per heavy atom. The van der Waals surface area contributed by atoms with Crippen LogP contribution in [0.5, 0.6) is 0 Å². The monoisotopic (exact) mass is 1010 g/mol. The number of hydrogen-bond acceptors (Lipinski definition) is 0. The summed E-state index contributed by atoms with van der Waals surface area (Å²) in [4.78, 5) is 0. The highest BCUT2D eigenvalue weighted by molar-refractivity contribution is 6.33. The number of aryl methyl sites for hydroxylation is 4. The summed E-state index contributed by atoms with van der Waals surface area (Å²) in [5, 5.41) is 26.3. The molecule has 15 aromatic rings. The Labute approximate surface area is 463 Å². The third kappa shape index (κ3) is 6.11. The summed E-state index contributed by atoms with van der Waals surface area (Å²) in [5.74, 6) is 0. The maximum atomic E-state index is 2.49. The topological polar surface area (TPSA) is 0 Å². The zero-order chi connectivity index (χ0) is 53.1. The van der Waals surface area contributed by atoms with Crippen LogP contribution >= 0.6 is 0 Å². The van der Waals surface area contributed by atoms with Crippen LogP contribution in [0.3, 0.4) is 0 Å².